The largest absolute Gasteiger partial charge is 0.349 e. The fourth-order valence-electron chi connectivity index (χ4n) is 1.57. The first-order chi connectivity index (χ1) is 9.16. The van der Waals surface area contributed by atoms with E-state index in [9.17, 15) is 9.59 Å². The van der Waals surface area contributed by atoms with Crippen LogP contribution in [0.1, 0.15) is 15.2 Å². The van der Waals surface area contributed by atoms with Crippen molar-refractivity contribution < 1.29 is 9.59 Å². The fraction of sp³-hybridized carbons (Fsp3) is 0.143. The molecule has 0 saturated carbocycles. The minimum atomic E-state index is -0.559. The highest BCUT2D eigenvalue weighted by Crippen LogP contribution is 2.10. The molecule has 0 saturated heterocycles. The van der Waals surface area contributed by atoms with Gasteiger partial charge < -0.3 is 5.32 Å². The van der Waals surface area contributed by atoms with Crippen molar-refractivity contribution in [2.24, 2.45) is 0 Å². The Labute approximate surface area is 120 Å². The summed E-state index contributed by atoms with van der Waals surface area (Å²) in [7, 11) is 0. The zero-order valence-corrected chi connectivity index (χ0v) is 11.6. The van der Waals surface area contributed by atoms with E-state index in [0.717, 1.165) is 5.56 Å². The molecule has 98 valence electrons. The van der Waals surface area contributed by atoms with Gasteiger partial charge in [-0.05, 0) is 35.6 Å². The van der Waals surface area contributed by atoms with Gasteiger partial charge in [-0.3, -0.25) is 9.59 Å². The van der Waals surface area contributed by atoms with Gasteiger partial charge >= 0.3 is 0 Å². The van der Waals surface area contributed by atoms with Crippen LogP contribution < -0.4 is 5.32 Å². The molecule has 0 aliphatic carbocycles. The Balaban J connectivity index is 1.81. The average Bonchev–Trinajstić information content (AvgIpc) is 2.94. The number of nitrogens with one attached hydrogen (secondary N) is 1. The number of rotatable bonds is 5. The van der Waals surface area contributed by atoms with Gasteiger partial charge in [-0.25, -0.2) is 0 Å². The summed E-state index contributed by atoms with van der Waals surface area (Å²) >= 11 is 7.05. The summed E-state index contributed by atoms with van der Waals surface area (Å²) in [6.45, 7) is 0.428. The van der Waals surface area contributed by atoms with Crippen LogP contribution in [0.5, 0.6) is 0 Å². The zero-order valence-electron chi connectivity index (χ0n) is 10.1. The molecule has 19 heavy (non-hydrogen) atoms. The Kier molecular flexibility index (Phi) is 4.71. The lowest BCUT2D eigenvalue weighted by Gasteiger charge is -2.04. The van der Waals surface area contributed by atoms with Crippen LogP contribution in [0.4, 0.5) is 0 Å². The Hall–Kier alpha value is -1.65. The lowest BCUT2D eigenvalue weighted by molar-refractivity contribution is -0.116. The van der Waals surface area contributed by atoms with Crippen molar-refractivity contribution in [3.8, 4) is 0 Å². The number of amides is 1. The van der Waals surface area contributed by atoms with Crippen LogP contribution in [0, 0.1) is 0 Å². The second-order valence-corrected chi connectivity index (χ2v) is 5.32. The third-order valence-corrected chi connectivity index (χ3v) is 3.68. The summed E-state index contributed by atoms with van der Waals surface area (Å²) in [6.07, 6.45) is 0.667. The van der Waals surface area contributed by atoms with Crippen molar-refractivity contribution in [3.63, 3.8) is 0 Å². The van der Waals surface area contributed by atoms with E-state index < -0.39 is 11.7 Å². The first-order valence-corrected chi connectivity index (χ1v) is 7.03. The average molecular weight is 294 g/mol. The Morgan fingerprint density at radius 3 is 2.53 bits per heavy atom. The van der Waals surface area contributed by atoms with Gasteiger partial charge in [0.1, 0.15) is 0 Å². The molecule has 5 heteroatoms. The summed E-state index contributed by atoms with van der Waals surface area (Å²) in [5, 5.41) is 5.07. The Morgan fingerprint density at radius 1 is 1.16 bits per heavy atom. The van der Waals surface area contributed by atoms with E-state index in [2.05, 4.69) is 5.32 Å². The molecular formula is C14H12ClNO2S. The molecule has 1 amide bonds. The van der Waals surface area contributed by atoms with Crippen LogP contribution in [-0.2, 0) is 11.2 Å². The van der Waals surface area contributed by atoms with Gasteiger partial charge in [0.05, 0.1) is 4.88 Å². The van der Waals surface area contributed by atoms with Crippen molar-refractivity contribution in [2.75, 3.05) is 6.54 Å². The predicted octanol–water partition coefficient (Wildman–Crippen LogP) is 2.94. The van der Waals surface area contributed by atoms with E-state index in [1.165, 1.54) is 11.3 Å². The summed E-state index contributed by atoms with van der Waals surface area (Å²) in [5.41, 5.74) is 1.06. The fourth-order valence-corrected chi connectivity index (χ4v) is 2.36. The van der Waals surface area contributed by atoms with Crippen LogP contribution >= 0.6 is 22.9 Å². The highest BCUT2D eigenvalue weighted by Gasteiger charge is 2.16. The Bertz CT molecular complexity index is 564. The number of ketones is 1. The number of hydrogen-bond acceptors (Lipinski definition) is 3. The molecule has 0 aliphatic rings. The number of carbonyl (C=O) groups excluding carboxylic acids is 2. The second-order valence-electron chi connectivity index (χ2n) is 3.94. The third-order valence-electron chi connectivity index (χ3n) is 2.56. The predicted molar refractivity (Wildman–Crippen MR) is 76.8 cm³/mol. The molecule has 1 N–H and O–H groups in total. The number of hydrogen-bond donors (Lipinski definition) is 1. The molecule has 0 bridgehead atoms. The highest BCUT2D eigenvalue weighted by molar-refractivity contribution is 7.13. The zero-order chi connectivity index (χ0) is 13.7. The van der Waals surface area contributed by atoms with Crippen LogP contribution in [0.3, 0.4) is 0 Å². The maximum absolute atomic E-state index is 11.7. The van der Waals surface area contributed by atoms with Gasteiger partial charge in [0.25, 0.3) is 11.7 Å². The van der Waals surface area contributed by atoms with Crippen LogP contribution in [-0.4, -0.2) is 18.2 Å². The molecular weight excluding hydrogens is 282 g/mol. The minimum absolute atomic E-state index is 0.428. The van der Waals surface area contributed by atoms with E-state index in [1.807, 2.05) is 12.1 Å². The van der Waals surface area contributed by atoms with Gasteiger partial charge in [-0.15, -0.1) is 11.3 Å². The molecule has 0 spiro atoms. The van der Waals surface area contributed by atoms with Gasteiger partial charge in [-0.2, -0.15) is 0 Å². The minimum Gasteiger partial charge on any atom is -0.349 e. The van der Waals surface area contributed by atoms with Crippen molar-refractivity contribution in [1.29, 1.82) is 0 Å². The number of halogens is 1. The standard InChI is InChI=1S/C14H12ClNO2S/c15-11-5-3-10(4-6-11)7-8-16-14(18)13(17)12-2-1-9-19-12/h1-6,9H,7-8H2,(H,16,18). The van der Waals surface area contributed by atoms with Crippen LogP contribution in [0.15, 0.2) is 41.8 Å². The number of thiophene rings is 1. The molecule has 0 aliphatic heterocycles. The molecule has 2 rings (SSSR count). The summed E-state index contributed by atoms with van der Waals surface area (Å²) < 4.78 is 0. The van der Waals surface area contributed by atoms with E-state index in [0.29, 0.717) is 22.9 Å². The van der Waals surface area contributed by atoms with Crippen LogP contribution in [0.2, 0.25) is 5.02 Å². The lowest BCUT2D eigenvalue weighted by atomic mass is 10.1. The normalized spacial score (nSPS) is 10.2. The third kappa shape index (κ3) is 3.91. The summed E-state index contributed by atoms with van der Waals surface area (Å²) in [4.78, 5) is 23.7. The van der Waals surface area contributed by atoms with E-state index in [-0.39, 0.29) is 0 Å². The molecule has 2 aromatic rings. The van der Waals surface area contributed by atoms with E-state index in [4.69, 9.17) is 11.6 Å². The monoisotopic (exact) mass is 293 g/mol. The summed E-state index contributed by atoms with van der Waals surface area (Å²) in [5.74, 6) is -1.04. The first-order valence-electron chi connectivity index (χ1n) is 5.77. The first kappa shape index (κ1) is 13.8. The molecule has 0 atom stereocenters. The molecule has 1 aromatic carbocycles. The van der Waals surface area contributed by atoms with Crippen molar-refractivity contribution in [2.45, 2.75) is 6.42 Å². The molecule has 1 aromatic heterocycles. The number of carbonyl (C=O) groups is 2. The van der Waals surface area contributed by atoms with E-state index in [1.54, 1.807) is 29.6 Å². The lowest BCUT2D eigenvalue weighted by Crippen LogP contribution is -2.32. The molecule has 1 heterocycles. The van der Waals surface area contributed by atoms with Crippen molar-refractivity contribution >= 4 is 34.6 Å². The maximum Gasteiger partial charge on any atom is 0.293 e. The Morgan fingerprint density at radius 2 is 1.89 bits per heavy atom. The number of Topliss-reactive ketones (excluding diaryl/α,β-unsaturated/α-hetero) is 1. The summed E-state index contributed by atoms with van der Waals surface area (Å²) in [6, 6.07) is 10.8. The number of benzene rings is 1. The molecule has 0 unspecified atom stereocenters. The quantitative estimate of drug-likeness (QED) is 0.680. The smallest absolute Gasteiger partial charge is 0.293 e. The highest BCUT2D eigenvalue weighted by atomic mass is 35.5. The SMILES string of the molecule is O=C(NCCc1ccc(Cl)cc1)C(=O)c1cccs1. The van der Waals surface area contributed by atoms with Gasteiger partial charge in [0.15, 0.2) is 0 Å². The van der Waals surface area contributed by atoms with Crippen molar-refractivity contribution in [1.82, 2.24) is 5.32 Å². The van der Waals surface area contributed by atoms with E-state index >= 15 is 0 Å². The molecule has 0 radical (unpaired) electrons. The van der Waals surface area contributed by atoms with Crippen molar-refractivity contribution in [3.05, 3.63) is 57.2 Å². The molecule has 0 fully saturated rings. The van der Waals surface area contributed by atoms with Gasteiger partial charge in [0, 0.05) is 11.6 Å². The van der Waals surface area contributed by atoms with Crippen LogP contribution in [0.25, 0.3) is 0 Å². The topological polar surface area (TPSA) is 46.2 Å². The van der Waals surface area contributed by atoms with Gasteiger partial charge in [-0.1, -0.05) is 29.8 Å². The maximum atomic E-state index is 11.7. The molecule has 3 nitrogen and oxygen atoms in total. The second kappa shape index (κ2) is 6.50. The van der Waals surface area contributed by atoms with Gasteiger partial charge in [0.2, 0.25) is 0 Å².